The number of carbonyl (C=O) groups excluding carboxylic acids is 2. The fourth-order valence-electron chi connectivity index (χ4n) is 5.29. The summed E-state index contributed by atoms with van der Waals surface area (Å²) < 4.78 is 95.6. The Hall–Kier alpha value is -1.83. The summed E-state index contributed by atoms with van der Waals surface area (Å²) in [5.74, 6) is -13.2. The molecule has 33 heavy (non-hydrogen) atoms. The van der Waals surface area contributed by atoms with Gasteiger partial charge < -0.3 is 28.8 Å². The largest absolute Gasteiger partial charge is 0.455 e. The average molecular weight is 486 g/mol. The van der Waals surface area contributed by atoms with Crippen LogP contribution in [0.3, 0.4) is 0 Å². The maximum atomic E-state index is 14.9. The lowest BCUT2D eigenvalue weighted by Crippen LogP contribution is -2.65. The fraction of sp³-hybridized carbons (Fsp3) is 0.800. The molecule has 8 atom stereocenters. The first-order valence-electron chi connectivity index (χ1n) is 10.1. The minimum atomic E-state index is -5.80. The van der Waals surface area contributed by atoms with Gasteiger partial charge in [-0.25, -0.2) is 4.79 Å². The second-order valence-corrected chi connectivity index (χ2v) is 9.61. The van der Waals surface area contributed by atoms with Gasteiger partial charge in [-0.1, -0.05) is 6.58 Å². The van der Waals surface area contributed by atoms with E-state index in [2.05, 4.69) is 11.3 Å². The minimum absolute atomic E-state index is 0.0624. The number of halogens is 5. The molecule has 13 heteroatoms. The van der Waals surface area contributed by atoms with Crippen molar-refractivity contribution in [2.24, 2.45) is 11.8 Å². The number of alkyl halides is 5. The number of carbonyl (C=O) groups is 2. The summed E-state index contributed by atoms with van der Waals surface area (Å²) in [4.78, 5) is 24.6. The summed E-state index contributed by atoms with van der Waals surface area (Å²) in [7, 11) is 0. The second-order valence-electron chi connectivity index (χ2n) is 9.61. The summed E-state index contributed by atoms with van der Waals surface area (Å²) in [6, 6.07) is 0. The third-order valence-corrected chi connectivity index (χ3v) is 6.82. The molecule has 0 aromatic rings. The molecular formula is C20H23F5O8. The highest BCUT2D eigenvalue weighted by molar-refractivity contribution is 5.87. The van der Waals surface area contributed by atoms with Gasteiger partial charge in [0.25, 0.3) is 0 Å². The molecule has 0 aromatic carbocycles. The van der Waals surface area contributed by atoms with Crippen LogP contribution in [0.4, 0.5) is 22.0 Å². The molecule has 4 fully saturated rings. The van der Waals surface area contributed by atoms with Gasteiger partial charge in [0.1, 0.15) is 12.2 Å². The van der Waals surface area contributed by atoms with Crippen LogP contribution in [0.15, 0.2) is 12.2 Å². The summed E-state index contributed by atoms with van der Waals surface area (Å²) in [5, 5.41) is 9.66. The average Bonchev–Trinajstić information content (AvgIpc) is 3.31. The molecule has 0 amide bonds. The van der Waals surface area contributed by atoms with Crippen LogP contribution < -0.4 is 0 Å². The minimum Gasteiger partial charge on any atom is -0.455 e. The van der Waals surface area contributed by atoms with Crippen molar-refractivity contribution in [3.63, 3.8) is 0 Å². The highest BCUT2D eigenvalue weighted by Crippen LogP contribution is 2.59. The first-order chi connectivity index (χ1) is 14.9. The summed E-state index contributed by atoms with van der Waals surface area (Å²) in [6.07, 6.45) is -9.67. The SMILES string of the molecule is C=C(C)C(=O)OC1C2OC(=O)C3C2OC1C3C(C)(C)OC1(C)COC(O)(C(F)(F)F)C1(F)F. The monoisotopic (exact) mass is 486 g/mol. The molecule has 8 unspecified atom stereocenters. The number of hydrogen-bond acceptors (Lipinski definition) is 8. The maximum absolute atomic E-state index is 14.9. The van der Waals surface area contributed by atoms with Gasteiger partial charge in [0.05, 0.1) is 18.1 Å². The van der Waals surface area contributed by atoms with Crippen molar-refractivity contribution in [2.75, 3.05) is 6.61 Å². The van der Waals surface area contributed by atoms with Crippen LogP contribution in [0, 0.1) is 11.8 Å². The smallest absolute Gasteiger partial charge is 0.449 e. The van der Waals surface area contributed by atoms with E-state index < -0.39 is 83.9 Å². The number of hydrogen-bond donors (Lipinski definition) is 1. The topological polar surface area (TPSA) is 101 Å². The van der Waals surface area contributed by atoms with E-state index in [0.717, 1.165) is 0 Å². The number of esters is 2. The van der Waals surface area contributed by atoms with Crippen LogP contribution >= 0.6 is 0 Å². The Morgan fingerprint density at radius 3 is 2.33 bits per heavy atom. The summed E-state index contributed by atoms with van der Waals surface area (Å²) >= 11 is 0. The van der Waals surface area contributed by atoms with Crippen LogP contribution in [0.1, 0.15) is 27.7 Å². The van der Waals surface area contributed by atoms with Gasteiger partial charge in [0.2, 0.25) is 0 Å². The lowest BCUT2D eigenvalue weighted by molar-refractivity contribution is -0.412. The van der Waals surface area contributed by atoms with Crippen molar-refractivity contribution in [1.29, 1.82) is 0 Å². The van der Waals surface area contributed by atoms with E-state index in [4.69, 9.17) is 18.9 Å². The van der Waals surface area contributed by atoms with Crippen molar-refractivity contribution in [3.05, 3.63) is 12.2 Å². The first kappa shape index (κ1) is 24.3. The van der Waals surface area contributed by atoms with E-state index in [9.17, 15) is 36.6 Å². The number of ether oxygens (including phenoxy) is 5. The molecule has 4 aliphatic rings. The van der Waals surface area contributed by atoms with E-state index >= 15 is 0 Å². The Balaban J connectivity index is 1.64. The fourth-order valence-corrected chi connectivity index (χ4v) is 5.29. The molecule has 186 valence electrons. The van der Waals surface area contributed by atoms with Gasteiger partial charge in [0.15, 0.2) is 17.8 Å². The Kier molecular flexibility index (Phi) is 5.05. The van der Waals surface area contributed by atoms with Gasteiger partial charge in [0, 0.05) is 11.5 Å². The Bertz CT molecular complexity index is 903. The molecule has 4 heterocycles. The first-order valence-corrected chi connectivity index (χ1v) is 10.1. The molecule has 8 nitrogen and oxygen atoms in total. The lowest BCUT2D eigenvalue weighted by Gasteiger charge is -2.45. The predicted molar refractivity (Wildman–Crippen MR) is 95.7 cm³/mol. The van der Waals surface area contributed by atoms with Crippen LogP contribution in [-0.4, -0.2) is 77.2 Å². The zero-order valence-electron chi connectivity index (χ0n) is 18.1. The molecule has 0 aromatic heterocycles. The van der Waals surface area contributed by atoms with Gasteiger partial charge >= 0.3 is 29.8 Å². The zero-order valence-corrected chi connectivity index (χ0v) is 18.1. The summed E-state index contributed by atoms with van der Waals surface area (Å²) in [6.45, 7) is 6.86. The van der Waals surface area contributed by atoms with Crippen molar-refractivity contribution < 1.29 is 60.3 Å². The quantitative estimate of drug-likeness (QED) is 0.357. The Morgan fingerprint density at radius 1 is 1.21 bits per heavy atom. The molecule has 0 radical (unpaired) electrons. The van der Waals surface area contributed by atoms with Crippen LogP contribution in [-0.2, 0) is 33.3 Å². The molecular weight excluding hydrogens is 463 g/mol. The van der Waals surface area contributed by atoms with Crippen LogP contribution in [0.2, 0.25) is 0 Å². The second kappa shape index (κ2) is 6.86. The third kappa shape index (κ3) is 3.08. The zero-order chi connectivity index (χ0) is 24.9. The standard InChI is InChI=1S/C20H23F5O8/c1-7(2)14(26)31-13-11-9(8-10(30-11)12(13)32-15(8)27)16(3,4)33-17(5)6-29-19(28,18(17,21)22)20(23,24)25/h8-13,28H,1,6H2,2-5H3. The Labute approximate surface area is 184 Å². The summed E-state index contributed by atoms with van der Waals surface area (Å²) in [5.41, 5.74) is -4.59. The van der Waals surface area contributed by atoms with Crippen molar-refractivity contribution in [1.82, 2.24) is 0 Å². The number of rotatable bonds is 5. The van der Waals surface area contributed by atoms with Crippen LogP contribution in [0.25, 0.3) is 0 Å². The van der Waals surface area contributed by atoms with Gasteiger partial charge in [-0.05, 0) is 27.7 Å². The molecule has 1 N–H and O–H groups in total. The van der Waals surface area contributed by atoms with Crippen molar-refractivity contribution in [2.45, 2.75) is 81.2 Å². The molecule has 0 spiro atoms. The normalized spacial score (nSPS) is 43.6. The molecule has 0 aliphatic carbocycles. The number of fused-ring (bicyclic) bond motifs is 1. The molecule has 4 aliphatic heterocycles. The van der Waals surface area contributed by atoms with E-state index in [1.54, 1.807) is 0 Å². The van der Waals surface area contributed by atoms with E-state index in [1.165, 1.54) is 20.8 Å². The molecule has 4 saturated heterocycles. The van der Waals surface area contributed by atoms with Gasteiger partial charge in [-0.2, -0.15) is 22.0 Å². The highest BCUT2D eigenvalue weighted by Gasteiger charge is 2.83. The number of aliphatic hydroxyl groups is 1. The van der Waals surface area contributed by atoms with E-state index in [0.29, 0.717) is 6.92 Å². The highest BCUT2D eigenvalue weighted by atomic mass is 19.4. The maximum Gasteiger partial charge on any atom is 0.449 e. The molecule has 2 bridgehead atoms. The lowest BCUT2D eigenvalue weighted by atomic mass is 9.70. The van der Waals surface area contributed by atoms with E-state index in [1.807, 2.05) is 0 Å². The molecule has 4 rings (SSSR count). The van der Waals surface area contributed by atoms with Crippen LogP contribution in [0.5, 0.6) is 0 Å². The molecule has 0 saturated carbocycles. The van der Waals surface area contributed by atoms with Crippen molar-refractivity contribution >= 4 is 11.9 Å². The van der Waals surface area contributed by atoms with Crippen molar-refractivity contribution in [3.8, 4) is 0 Å². The Morgan fingerprint density at radius 2 is 1.82 bits per heavy atom. The van der Waals surface area contributed by atoms with Gasteiger partial charge in [-0.3, -0.25) is 4.79 Å². The van der Waals surface area contributed by atoms with E-state index in [-0.39, 0.29) is 5.57 Å². The predicted octanol–water partition coefficient (Wildman–Crippen LogP) is 1.88. The third-order valence-electron chi connectivity index (χ3n) is 6.82. The van der Waals surface area contributed by atoms with Gasteiger partial charge in [-0.15, -0.1) is 0 Å².